The molecule has 0 spiro atoms. The third-order valence-electron chi connectivity index (χ3n) is 2.04. The zero-order chi connectivity index (χ0) is 13.0. The van der Waals surface area contributed by atoms with E-state index in [2.05, 4.69) is 0 Å². The third kappa shape index (κ3) is 7.90. The van der Waals surface area contributed by atoms with Crippen molar-refractivity contribution in [2.24, 2.45) is 5.92 Å². The smallest absolute Gasteiger partial charge is 0.378 e. The van der Waals surface area contributed by atoms with Crippen LogP contribution in [0.4, 0.5) is 13.2 Å². The van der Waals surface area contributed by atoms with Crippen LogP contribution in [0.5, 0.6) is 0 Å². The van der Waals surface area contributed by atoms with Gasteiger partial charge >= 0.3 is 6.18 Å². The van der Waals surface area contributed by atoms with Gasteiger partial charge in [-0.2, -0.15) is 13.2 Å². The van der Waals surface area contributed by atoms with Crippen molar-refractivity contribution in [3.8, 4) is 0 Å². The molecule has 2 atom stereocenters. The molecule has 0 aromatic carbocycles. The Hall–Kier alpha value is -0.330. The van der Waals surface area contributed by atoms with Gasteiger partial charge in [0.15, 0.2) is 5.79 Å². The van der Waals surface area contributed by atoms with Gasteiger partial charge in [-0.3, -0.25) is 0 Å². The molecule has 1 fully saturated rings. The number of hydrogen-bond donors (Lipinski definition) is 2. The van der Waals surface area contributed by atoms with E-state index in [1.165, 1.54) is 20.8 Å². The molecule has 0 radical (unpaired) electrons. The molecule has 1 heterocycles. The Morgan fingerprint density at radius 1 is 1.25 bits per heavy atom. The van der Waals surface area contributed by atoms with Crippen LogP contribution in [0, 0.1) is 5.92 Å². The predicted octanol–water partition coefficient (Wildman–Crippen LogP) is 2.07. The molecule has 3 nitrogen and oxygen atoms in total. The lowest BCUT2D eigenvalue weighted by molar-refractivity contribution is -0.195. The van der Waals surface area contributed by atoms with Crippen molar-refractivity contribution in [1.82, 2.24) is 0 Å². The van der Waals surface area contributed by atoms with Crippen molar-refractivity contribution >= 4 is 0 Å². The van der Waals surface area contributed by atoms with Crippen molar-refractivity contribution < 1.29 is 28.1 Å². The Balaban J connectivity index is 0.000000385. The number of halogens is 3. The van der Waals surface area contributed by atoms with Gasteiger partial charge in [-0.1, -0.05) is 6.92 Å². The summed E-state index contributed by atoms with van der Waals surface area (Å²) in [6.07, 6.45) is -3.41. The lowest BCUT2D eigenvalue weighted by atomic mass is 10.0. The van der Waals surface area contributed by atoms with E-state index in [0.29, 0.717) is 13.0 Å². The van der Waals surface area contributed by atoms with Crippen molar-refractivity contribution in [3.63, 3.8) is 0 Å². The summed E-state index contributed by atoms with van der Waals surface area (Å²) in [5.74, 6) is -2.81. The zero-order valence-corrected chi connectivity index (χ0v) is 9.71. The summed E-state index contributed by atoms with van der Waals surface area (Å²) < 4.78 is 41.0. The summed E-state index contributed by atoms with van der Waals surface area (Å²) in [4.78, 5) is 0. The highest BCUT2D eigenvalue weighted by atomic mass is 19.4. The topological polar surface area (TPSA) is 49.7 Å². The fourth-order valence-electron chi connectivity index (χ4n) is 1.21. The van der Waals surface area contributed by atoms with Gasteiger partial charge in [-0.25, -0.2) is 0 Å². The molecule has 16 heavy (non-hydrogen) atoms. The Bertz CT molecular complexity index is 186. The first-order chi connectivity index (χ1) is 7.02. The van der Waals surface area contributed by atoms with Gasteiger partial charge in [0.2, 0.25) is 0 Å². The van der Waals surface area contributed by atoms with Gasteiger partial charge in [-0.15, -0.1) is 0 Å². The predicted molar refractivity (Wildman–Crippen MR) is 52.7 cm³/mol. The summed E-state index contributed by atoms with van der Waals surface area (Å²) in [5, 5.41) is 16.2. The summed E-state index contributed by atoms with van der Waals surface area (Å²) in [5.41, 5.74) is 0. The summed E-state index contributed by atoms with van der Waals surface area (Å²) in [7, 11) is 0. The second-order valence-corrected chi connectivity index (χ2v) is 4.38. The molecule has 98 valence electrons. The molecule has 0 aromatic rings. The SMILES string of the molecule is CC(C)(O)O.CC(C1CCCO1)C(F)(F)F. The normalized spacial score (nSPS) is 23.6. The lowest BCUT2D eigenvalue weighted by Crippen LogP contribution is -2.30. The molecular formula is C10H19F3O3. The van der Waals surface area contributed by atoms with Crippen LogP contribution < -0.4 is 0 Å². The van der Waals surface area contributed by atoms with Crippen LogP contribution in [0.25, 0.3) is 0 Å². The maximum absolute atomic E-state index is 12.0. The highest BCUT2D eigenvalue weighted by Crippen LogP contribution is 2.33. The highest BCUT2D eigenvalue weighted by molar-refractivity contribution is 4.76. The number of aliphatic hydroxyl groups is 2. The van der Waals surface area contributed by atoms with Crippen molar-refractivity contribution in [2.45, 2.75) is 51.7 Å². The number of hydrogen-bond acceptors (Lipinski definition) is 3. The summed E-state index contributed by atoms with van der Waals surface area (Å²) >= 11 is 0. The largest absolute Gasteiger partial charge is 0.394 e. The molecule has 0 saturated carbocycles. The second kappa shape index (κ2) is 5.84. The second-order valence-electron chi connectivity index (χ2n) is 4.38. The Morgan fingerprint density at radius 3 is 1.94 bits per heavy atom. The minimum Gasteiger partial charge on any atom is -0.378 e. The van der Waals surface area contributed by atoms with E-state index >= 15 is 0 Å². The molecule has 1 aliphatic heterocycles. The maximum atomic E-state index is 12.0. The van der Waals surface area contributed by atoms with Crippen molar-refractivity contribution in [1.29, 1.82) is 0 Å². The van der Waals surface area contributed by atoms with Crippen LogP contribution in [0.3, 0.4) is 0 Å². The highest BCUT2D eigenvalue weighted by Gasteiger charge is 2.42. The van der Waals surface area contributed by atoms with Gasteiger partial charge in [0.25, 0.3) is 0 Å². The maximum Gasteiger partial charge on any atom is 0.394 e. The Kier molecular flexibility index (Phi) is 5.72. The van der Waals surface area contributed by atoms with Crippen LogP contribution in [-0.4, -0.2) is 34.9 Å². The van der Waals surface area contributed by atoms with Crippen LogP contribution >= 0.6 is 0 Å². The van der Waals surface area contributed by atoms with E-state index in [1.54, 1.807) is 0 Å². The lowest BCUT2D eigenvalue weighted by Gasteiger charge is -2.20. The first-order valence-electron chi connectivity index (χ1n) is 5.15. The molecule has 2 N–H and O–H groups in total. The first-order valence-corrected chi connectivity index (χ1v) is 5.15. The first kappa shape index (κ1) is 15.7. The van der Waals surface area contributed by atoms with E-state index in [4.69, 9.17) is 14.9 Å². The number of rotatable bonds is 1. The molecule has 0 bridgehead atoms. The average molecular weight is 244 g/mol. The summed E-state index contributed by atoms with van der Waals surface area (Å²) in [6, 6.07) is 0. The van der Waals surface area contributed by atoms with Gasteiger partial charge in [0.05, 0.1) is 12.0 Å². The fourth-order valence-corrected chi connectivity index (χ4v) is 1.21. The van der Waals surface area contributed by atoms with E-state index in [-0.39, 0.29) is 0 Å². The molecule has 0 aliphatic carbocycles. The van der Waals surface area contributed by atoms with Gasteiger partial charge in [0.1, 0.15) is 0 Å². The van der Waals surface area contributed by atoms with E-state index in [0.717, 1.165) is 6.42 Å². The molecule has 1 saturated heterocycles. The average Bonchev–Trinajstić information content (AvgIpc) is 2.49. The Labute approximate surface area is 93.2 Å². The third-order valence-corrected chi connectivity index (χ3v) is 2.04. The molecular weight excluding hydrogens is 225 g/mol. The van der Waals surface area contributed by atoms with E-state index < -0.39 is 24.0 Å². The van der Waals surface area contributed by atoms with E-state index in [9.17, 15) is 13.2 Å². The van der Waals surface area contributed by atoms with Crippen LogP contribution in [0.2, 0.25) is 0 Å². The Morgan fingerprint density at radius 2 is 1.69 bits per heavy atom. The molecule has 6 heteroatoms. The van der Waals surface area contributed by atoms with Gasteiger partial charge in [-0.05, 0) is 26.7 Å². The van der Waals surface area contributed by atoms with Crippen LogP contribution in [0.1, 0.15) is 33.6 Å². The minimum atomic E-state index is -4.10. The molecule has 1 aliphatic rings. The fraction of sp³-hybridized carbons (Fsp3) is 1.00. The number of ether oxygens (including phenoxy) is 1. The van der Waals surface area contributed by atoms with Gasteiger partial charge < -0.3 is 14.9 Å². The minimum absolute atomic E-state index is 0.477. The van der Waals surface area contributed by atoms with E-state index in [1.807, 2.05) is 0 Å². The zero-order valence-electron chi connectivity index (χ0n) is 9.71. The molecule has 0 amide bonds. The monoisotopic (exact) mass is 244 g/mol. The van der Waals surface area contributed by atoms with Crippen LogP contribution in [0.15, 0.2) is 0 Å². The quantitative estimate of drug-likeness (QED) is 0.694. The van der Waals surface area contributed by atoms with Crippen molar-refractivity contribution in [3.05, 3.63) is 0 Å². The summed E-state index contributed by atoms with van der Waals surface area (Å²) in [6.45, 7) is 4.25. The van der Waals surface area contributed by atoms with Gasteiger partial charge in [0, 0.05) is 6.61 Å². The molecule has 0 aromatic heterocycles. The standard InChI is InChI=1S/C7H11F3O.C3H8O2/c1-5(7(8,9)10)6-3-2-4-11-6;1-3(2,4)5/h5-6H,2-4H2,1H3;4-5H,1-2H3. The molecule has 1 rings (SSSR count). The van der Waals surface area contributed by atoms with Crippen molar-refractivity contribution in [2.75, 3.05) is 6.61 Å². The van der Waals surface area contributed by atoms with Crippen LogP contribution in [-0.2, 0) is 4.74 Å². The number of alkyl halides is 3. The molecule has 2 unspecified atom stereocenters.